The molecule has 112 valence electrons. The van der Waals surface area contributed by atoms with Gasteiger partial charge in [-0.1, -0.05) is 71.1 Å². The summed E-state index contributed by atoms with van der Waals surface area (Å²) in [7, 11) is -3.81. The van der Waals surface area contributed by atoms with E-state index in [0.29, 0.717) is 6.42 Å². The molecule has 1 unspecified atom stereocenters. The first-order valence-corrected chi connectivity index (χ1v) is 8.95. The van der Waals surface area contributed by atoms with Gasteiger partial charge in [-0.25, -0.2) is 0 Å². The summed E-state index contributed by atoms with van der Waals surface area (Å²) in [5.41, 5.74) is 0. The Kier molecular flexibility index (Phi) is 16.2. The standard InChI is InChI=1S/C14H30O3S.Na.H/c1-3-4-5-6-7-8-9-10-11-12-13-14(2)18(15,16)17;;/h14H,3-13H2,1-2H3,(H,15,16,17);;. The Labute approximate surface area is 142 Å². The predicted octanol–water partition coefficient (Wildman–Crippen LogP) is 3.93. The molecule has 0 aliphatic carbocycles. The van der Waals surface area contributed by atoms with Crippen LogP contribution in [0, 0.1) is 0 Å². The molecular weight excluding hydrogens is 271 g/mol. The van der Waals surface area contributed by atoms with E-state index in [2.05, 4.69) is 6.92 Å². The fourth-order valence-corrected chi connectivity index (χ4v) is 2.53. The van der Waals surface area contributed by atoms with Gasteiger partial charge in [0.2, 0.25) is 0 Å². The molecule has 0 saturated carbocycles. The minimum absolute atomic E-state index is 0. The zero-order chi connectivity index (χ0) is 13.9. The molecule has 5 heteroatoms. The third kappa shape index (κ3) is 15.1. The summed E-state index contributed by atoms with van der Waals surface area (Å²) in [4.78, 5) is 0. The van der Waals surface area contributed by atoms with Crippen LogP contribution in [-0.2, 0) is 10.1 Å². The Balaban J connectivity index is 0. The van der Waals surface area contributed by atoms with Gasteiger partial charge in [-0.3, -0.25) is 4.55 Å². The molecule has 1 N–H and O–H groups in total. The van der Waals surface area contributed by atoms with E-state index in [1.807, 2.05) is 0 Å². The van der Waals surface area contributed by atoms with Gasteiger partial charge in [0.05, 0.1) is 5.25 Å². The molecular formula is C14H31NaO3S. The summed E-state index contributed by atoms with van der Waals surface area (Å²) < 4.78 is 30.4. The van der Waals surface area contributed by atoms with Gasteiger partial charge in [0.1, 0.15) is 0 Å². The number of hydrogen-bond donors (Lipinski definition) is 1. The Morgan fingerprint density at radius 3 is 1.58 bits per heavy atom. The second-order valence-electron chi connectivity index (χ2n) is 5.30. The number of hydrogen-bond acceptors (Lipinski definition) is 2. The molecule has 3 nitrogen and oxygen atoms in total. The second kappa shape index (κ2) is 13.9. The summed E-state index contributed by atoms with van der Waals surface area (Å²) in [6, 6.07) is 0. The van der Waals surface area contributed by atoms with Crippen molar-refractivity contribution in [3.63, 3.8) is 0 Å². The summed E-state index contributed by atoms with van der Waals surface area (Å²) in [6.07, 6.45) is 13.0. The molecule has 0 saturated heterocycles. The van der Waals surface area contributed by atoms with Crippen LogP contribution in [-0.4, -0.2) is 47.8 Å². The molecule has 0 amide bonds. The van der Waals surface area contributed by atoms with Crippen molar-refractivity contribution in [1.29, 1.82) is 0 Å². The molecule has 0 aliphatic heterocycles. The molecule has 0 aromatic rings. The van der Waals surface area contributed by atoms with Crippen molar-refractivity contribution in [1.82, 2.24) is 0 Å². The van der Waals surface area contributed by atoms with Crippen LogP contribution in [0.15, 0.2) is 0 Å². The van der Waals surface area contributed by atoms with Crippen LogP contribution in [0.3, 0.4) is 0 Å². The van der Waals surface area contributed by atoms with Gasteiger partial charge in [0.25, 0.3) is 10.1 Å². The van der Waals surface area contributed by atoms with Crippen LogP contribution >= 0.6 is 0 Å². The third-order valence-electron chi connectivity index (χ3n) is 3.47. The summed E-state index contributed by atoms with van der Waals surface area (Å²) in [5, 5.41) is -0.605. The Bertz CT molecular complexity index is 278. The maximum absolute atomic E-state index is 10.8. The molecule has 0 fully saturated rings. The van der Waals surface area contributed by atoms with Crippen LogP contribution in [0.2, 0.25) is 0 Å². The number of rotatable bonds is 12. The van der Waals surface area contributed by atoms with E-state index in [0.717, 1.165) is 12.8 Å². The second-order valence-corrected chi connectivity index (χ2v) is 7.13. The molecule has 0 aromatic heterocycles. The van der Waals surface area contributed by atoms with E-state index in [4.69, 9.17) is 4.55 Å². The average molecular weight is 302 g/mol. The van der Waals surface area contributed by atoms with Crippen molar-refractivity contribution in [3.8, 4) is 0 Å². The molecule has 0 radical (unpaired) electrons. The van der Waals surface area contributed by atoms with Crippen LogP contribution in [0.5, 0.6) is 0 Å². The van der Waals surface area contributed by atoms with Crippen molar-refractivity contribution in [2.45, 2.75) is 89.7 Å². The van der Waals surface area contributed by atoms with E-state index in [1.54, 1.807) is 6.92 Å². The first-order chi connectivity index (χ1) is 8.48. The van der Waals surface area contributed by atoms with Crippen molar-refractivity contribution < 1.29 is 13.0 Å². The molecule has 0 spiro atoms. The third-order valence-corrected chi connectivity index (χ3v) is 4.73. The minimum atomic E-state index is -3.81. The van der Waals surface area contributed by atoms with Gasteiger partial charge in [-0.05, 0) is 13.3 Å². The fraction of sp³-hybridized carbons (Fsp3) is 1.00. The molecule has 0 aliphatic rings. The van der Waals surface area contributed by atoms with Crippen molar-refractivity contribution in [3.05, 3.63) is 0 Å². The fourth-order valence-electron chi connectivity index (χ4n) is 2.07. The molecule has 0 heterocycles. The summed E-state index contributed by atoms with van der Waals surface area (Å²) in [5.74, 6) is 0. The topological polar surface area (TPSA) is 54.4 Å². The normalized spacial score (nSPS) is 13.0. The number of unbranched alkanes of at least 4 members (excludes halogenated alkanes) is 9. The van der Waals surface area contributed by atoms with E-state index in [-0.39, 0.29) is 29.6 Å². The van der Waals surface area contributed by atoms with E-state index in [1.165, 1.54) is 51.4 Å². The SMILES string of the molecule is CCCCCCCCCCCCC(C)S(=O)(=O)O.[NaH]. The Morgan fingerprint density at radius 1 is 0.842 bits per heavy atom. The first-order valence-electron chi connectivity index (χ1n) is 7.44. The monoisotopic (exact) mass is 302 g/mol. The van der Waals surface area contributed by atoms with Crippen LogP contribution in [0.4, 0.5) is 0 Å². The van der Waals surface area contributed by atoms with Crippen LogP contribution < -0.4 is 0 Å². The van der Waals surface area contributed by atoms with Gasteiger partial charge >= 0.3 is 29.6 Å². The molecule has 0 rings (SSSR count). The molecule has 0 aromatic carbocycles. The van der Waals surface area contributed by atoms with Crippen LogP contribution in [0.1, 0.15) is 84.5 Å². The summed E-state index contributed by atoms with van der Waals surface area (Å²) >= 11 is 0. The van der Waals surface area contributed by atoms with Gasteiger partial charge in [0, 0.05) is 0 Å². The zero-order valence-corrected chi connectivity index (χ0v) is 12.8. The van der Waals surface area contributed by atoms with Crippen LogP contribution in [0.25, 0.3) is 0 Å². The quantitative estimate of drug-likeness (QED) is 0.338. The zero-order valence-electron chi connectivity index (χ0n) is 12.0. The molecule has 1 atom stereocenters. The van der Waals surface area contributed by atoms with Crippen molar-refractivity contribution in [2.75, 3.05) is 0 Å². The summed E-state index contributed by atoms with van der Waals surface area (Å²) in [6.45, 7) is 3.80. The van der Waals surface area contributed by atoms with Gasteiger partial charge in [-0.15, -0.1) is 0 Å². The van der Waals surface area contributed by atoms with Gasteiger partial charge in [0.15, 0.2) is 0 Å². The average Bonchev–Trinajstić information content (AvgIpc) is 2.30. The van der Waals surface area contributed by atoms with Gasteiger partial charge in [-0.2, -0.15) is 8.42 Å². The molecule has 19 heavy (non-hydrogen) atoms. The molecule has 0 bridgehead atoms. The van der Waals surface area contributed by atoms with Crippen molar-refractivity contribution >= 4 is 39.7 Å². The predicted molar refractivity (Wildman–Crippen MR) is 84.6 cm³/mol. The first kappa shape index (κ1) is 22.2. The van der Waals surface area contributed by atoms with Crippen molar-refractivity contribution in [2.24, 2.45) is 0 Å². The van der Waals surface area contributed by atoms with Gasteiger partial charge < -0.3 is 0 Å². The Hall–Kier alpha value is 0.910. The van der Waals surface area contributed by atoms with E-state index < -0.39 is 15.4 Å². The van der Waals surface area contributed by atoms with E-state index >= 15 is 0 Å². The maximum atomic E-state index is 10.8. The van der Waals surface area contributed by atoms with E-state index in [9.17, 15) is 8.42 Å². The Morgan fingerprint density at radius 2 is 1.21 bits per heavy atom.